The molecule has 0 saturated heterocycles. The van der Waals surface area contributed by atoms with Gasteiger partial charge in [0.1, 0.15) is 17.5 Å². The van der Waals surface area contributed by atoms with Crippen molar-refractivity contribution in [2.24, 2.45) is 0 Å². The normalized spacial score (nSPS) is 11.3. The van der Waals surface area contributed by atoms with Gasteiger partial charge in [0.05, 0.1) is 34.9 Å². The molecule has 202 valence electrons. The Balaban J connectivity index is 1.72. The molecule has 0 bridgehead atoms. The zero-order valence-electron chi connectivity index (χ0n) is 22.7. The van der Waals surface area contributed by atoms with E-state index in [4.69, 9.17) is 18.9 Å². The first-order chi connectivity index (χ1) is 18.4. The SMILES string of the molecule is COc1ccc(CCNC(=O)C(C)N(Cc2ccc(OC)cc2)C(=O)Cc2ccc(OC)c(OC)c2)cc1. The van der Waals surface area contributed by atoms with Crippen LogP contribution in [0.25, 0.3) is 0 Å². The van der Waals surface area contributed by atoms with Crippen LogP contribution in [0.4, 0.5) is 0 Å². The lowest BCUT2D eigenvalue weighted by atomic mass is 10.1. The minimum absolute atomic E-state index is 0.111. The fourth-order valence-electron chi connectivity index (χ4n) is 4.05. The number of hydrogen-bond acceptors (Lipinski definition) is 6. The third kappa shape index (κ3) is 7.65. The quantitative estimate of drug-likeness (QED) is 0.366. The van der Waals surface area contributed by atoms with Gasteiger partial charge in [-0.3, -0.25) is 9.59 Å². The molecule has 0 radical (unpaired) electrons. The summed E-state index contributed by atoms with van der Waals surface area (Å²) >= 11 is 0. The zero-order chi connectivity index (χ0) is 27.5. The van der Waals surface area contributed by atoms with Crippen molar-refractivity contribution in [2.45, 2.75) is 32.4 Å². The summed E-state index contributed by atoms with van der Waals surface area (Å²) in [6, 6.07) is 19.9. The van der Waals surface area contributed by atoms with Crippen LogP contribution in [0.15, 0.2) is 66.7 Å². The van der Waals surface area contributed by atoms with Gasteiger partial charge in [-0.1, -0.05) is 30.3 Å². The minimum Gasteiger partial charge on any atom is -0.497 e. The molecule has 1 atom stereocenters. The average molecular weight is 521 g/mol. The highest BCUT2D eigenvalue weighted by atomic mass is 16.5. The van der Waals surface area contributed by atoms with Crippen molar-refractivity contribution in [3.63, 3.8) is 0 Å². The number of nitrogens with zero attached hydrogens (tertiary/aromatic N) is 1. The number of benzene rings is 3. The number of methoxy groups -OCH3 is 4. The van der Waals surface area contributed by atoms with Gasteiger partial charge in [-0.2, -0.15) is 0 Å². The summed E-state index contributed by atoms with van der Waals surface area (Å²) < 4.78 is 21.1. The fourth-order valence-corrected chi connectivity index (χ4v) is 4.05. The first-order valence-corrected chi connectivity index (χ1v) is 12.4. The van der Waals surface area contributed by atoms with Gasteiger partial charge in [0.2, 0.25) is 11.8 Å². The molecular weight excluding hydrogens is 484 g/mol. The Labute approximate surface area is 224 Å². The molecular formula is C30H36N2O6. The van der Waals surface area contributed by atoms with Crippen LogP contribution in [-0.2, 0) is 29.0 Å². The van der Waals surface area contributed by atoms with Gasteiger partial charge in [-0.25, -0.2) is 0 Å². The molecule has 0 saturated carbocycles. The number of ether oxygens (including phenoxy) is 4. The van der Waals surface area contributed by atoms with Crippen LogP contribution in [0.5, 0.6) is 23.0 Å². The number of amides is 2. The van der Waals surface area contributed by atoms with E-state index in [1.54, 1.807) is 52.4 Å². The van der Waals surface area contributed by atoms with Crippen molar-refractivity contribution >= 4 is 11.8 Å². The smallest absolute Gasteiger partial charge is 0.242 e. The van der Waals surface area contributed by atoms with Crippen molar-refractivity contribution in [1.29, 1.82) is 0 Å². The average Bonchev–Trinajstić information content (AvgIpc) is 2.95. The number of nitrogens with one attached hydrogen (secondary N) is 1. The van der Waals surface area contributed by atoms with E-state index in [0.717, 1.165) is 28.2 Å². The maximum atomic E-state index is 13.5. The predicted molar refractivity (Wildman–Crippen MR) is 146 cm³/mol. The topological polar surface area (TPSA) is 86.3 Å². The Morgan fingerprint density at radius 1 is 0.737 bits per heavy atom. The Morgan fingerprint density at radius 3 is 1.84 bits per heavy atom. The van der Waals surface area contributed by atoms with Crippen molar-refractivity contribution in [3.8, 4) is 23.0 Å². The molecule has 8 nitrogen and oxygen atoms in total. The largest absolute Gasteiger partial charge is 0.497 e. The fraction of sp³-hybridized carbons (Fsp3) is 0.333. The van der Waals surface area contributed by atoms with Crippen LogP contribution in [0.3, 0.4) is 0 Å². The second-order valence-corrected chi connectivity index (χ2v) is 8.80. The molecule has 0 aliphatic carbocycles. The summed E-state index contributed by atoms with van der Waals surface area (Å²) in [5, 5.41) is 2.98. The van der Waals surface area contributed by atoms with Crippen molar-refractivity contribution in [2.75, 3.05) is 35.0 Å². The summed E-state index contributed by atoms with van der Waals surface area (Å²) in [5.74, 6) is 2.25. The molecule has 3 aromatic carbocycles. The number of hydrogen-bond donors (Lipinski definition) is 1. The minimum atomic E-state index is -0.680. The van der Waals surface area contributed by atoms with E-state index in [1.807, 2.05) is 54.6 Å². The highest BCUT2D eigenvalue weighted by Crippen LogP contribution is 2.28. The van der Waals surface area contributed by atoms with Gasteiger partial charge in [0.15, 0.2) is 11.5 Å². The Bertz CT molecular complexity index is 1190. The van der Waals surface area contributed by atoms with E-state index in [1.165, 1.54) is 0 Å². The number of carbonyl (C=O) groups excluding carboxylic acids is 2. The summed E-state index contributed by atoms with van der Waals surface area (Å²) in [4.78, 5) is 28.3. The van der Waals surface area contributed by atoms with E-state index in [2.05, 4.69) is 5.32 Å². The maximum absolute atomic E-state index is 13.5. The second kappa shape index (κ2) is 13.9. The summed E-state index contributed by atoms with van der Waals surface area (Å²) in [6.45, 7) is 2.48. The van der Waals surface area contributed by atoms with E-state index in [9.17, 15) is 9.59 Å². The van der Waals surface area contributed by atoms with Crippen LogP contribution in [0.2, 0.25) is 0 Å². The maximum Gasteiger partial charge on any atom is 0.242 e. The standard InChI is InChI=1S/C30H36N2O6/c1-21(30(34)31-17-16-22-6-11-25(35-2)12-7-22)32(20-23-8-13-26(36-3)14-9-23)29(33)19-24-10-15-27(37-4)28(18-24)38-5/h6-15,18,21H,16-17,19-20H2,1-5H3,(H,31,34). The third-order valence-corrected chi connectivity index (χ3v) is 6.35. The molecule has 3 rings (SSSR count). The van der Waals surface area contributed by atoms with Gasteiger partial charge in [-0.05, 0) is 66.4 Å². The summed E-state index contributed by atoms with van der Waals surface area (Å²) in [6.07, 6.45) is 0.778. The lowest BCUT2D eigenvalue weighted by molar-refractivity contribution is -0.140. The van der Waals surface area contributed by atoms with Crippen LogP contribution < -0.4 is 24.3 Å². The first-order valence-electron chi connectivity index (χ1n) is 12.4. The molecule has 1 unspecified atom stereocenters. The summed E-state index contributed by atoms with van der Waals surface area (Å²) in [5.41, 5.74) is 2.74. The van der Waals surface area contributed by atoms with Crippen molar-refractivity contribution in [1.82, 2.24) is 10.2 Å². The monoisotopic (exact) mass is 520 g/mol. The van der Waals surface area contributed by atoms with Gasteiger partial charge in [0.25, 0.3) is 0 Å². The zero-order valence-corrected chi connectivity index (χ0v) is 22.7. The molecule has 0 fully saturated rings. The third-order valence-electron chi connectivity index (χ3n) is 6.35. The molecule has 8 heteroatoms. The molecule has 0 spiro atoms. The lowest BCUT2D eigenvalue weighted by Gasteiger charge is -2.29. The van der Waals surface area contributed by atoms with Gasteiger partial charge in [-0.15, -0.1) is 0 Å². The van der Waals surface area contributed by atoms with Crippen LogP contribution in [0.1, 0.15) is 23.6 Å². The lowest BCUT2D eigenvalue weighted by Crippen LogP contribution is -2.48. The molecule has 3 aromatic rings. The molecule has 0 aliphatic heterocycles. The van der Waals surface area contributed by atoms with Crippen molar-refractivity contribution in [3.05, 3.63) is 83.4 Å². The van der Waals surface area contributed by atoms with E-state index in [0.29, 0.717) is 24.5 Å². The Morgan fingerprint density at radius 2 is 1.29 bits per heavy atom. The number of carbonyl (C=O) groups is 2. The van der Waals surface area contributed by atoms with Gasteiger partial charge in [0, 0.05) is 13.1 Å². The molecule has 1 N–H and O–H groups in total. The van der Waals surface area contributed by atoms with Crippen LogP contribution in [0, 0.1) is 0 Å². The van der Waals surface area contributed by atoms with E-state index in [-0.39, 0.29) is 24.8 Å². The molecule has 0 aromatic heterocycles. The molecule has 0 aliphatic rings. The predicted octanol–water partition coefficient (Wildman–Crippen LogP) is 4.04. The Kier molecular flexibility index (Phi) is 10.4. The molecule has 0 heterocycles. The molecule has 2 amide bonds. The summed E-state index contributed by atoms with van der Waals surface area (Å²) in [7, 11) is 6.35. The highest BCUT2D eigenvalue weighted by molar-refractivity contribution is 5.88. The highest BCUT2D eigenvalue weighted by Gasteiger charge is 2.26. The Hall–Kier alpha value is -4.20. The van der Waals surface area contributed by atoms with Gasteiger partial charge >= 0.3 is 0 Å². The van der Waals surface area contributed by atoms with E-state index >= 15 is 0 Å². The first kappa shape index (κ1) is 28.4. The second-order valence-electron chi connectivity index (χ2n) is 8.80. The van der Waals surface area contributed by atoms with Crippen LogP contribution >= 0.6 is 0 Å². The van der Waals surface area contributed by atoms with Crippen LogP contribution in [-0.4, -0.2) is 57.7 Å². The molecule has 38 heavy (non-hydrogen) atoms. The van der Waals surface area contributed by atoms with Crippen molar-refractivity contribution < 1.29 is 28.5 Å². The van der Waals surface area contributed by atoms with E-state index < -0.39 is 6.04 Å². The number of rotatable bonds is 13. The van der Waals surface area contributed by atoms with Gasteiger partial charge < -0.3 is 29.2 Å².